The normalized spacial score (nSPS) is 16.9. The number of aryl methyl sites for hydroxylation is 1. The minimum absolute atomic E-state index is 0.112. The molecule has 0 saturated carbocycles. The molecule has 35 heavy (non-hydrogen) atoms. The van der Waals surface area contributed by atoms with Crippen LogP contribution in [0.1, 0.15) is 34.7 Å². The van der Waals surface area contributed by atoms with Crippen molar-refractivity contribution in [3.8, 4) is 11.5 Å². The van der Waals surface area contributed by atoms with Crippen molar-refractivity contribution in [2.75, 3.05) is 7.11 Å². The van der Waals surface area contributed by atoms with Gasteiger partial charge in [0, 0.05) is 15.6 Å². The van der Waals surface area contributed by atoms with Crippen LogP contribution in [0.5, 0.6) is 11.5 Å². The van der Waals surface area contributed by atoms with E-state index in [4.69, 9.17) is 9.73 Å². The minimum atomic E-state index is -0.251. The Morgan fingerprint density at radius 1 is 1.11 bits per heavy atom. The molecule has 2 heterocycles. The Morgan fingerprint density at radius 2 is 1.91 bits per heavy atom. The molecule has 0 amide bonds. The van der Waals surface area contributed by atoms with E-state index >= 15 is 0 Å². The summed E-state index contributed by atoms with van der Waals surface area (Å²) >= 11 is 4.80. The molecule has 0 spiro atoms. The highest BCUT2D eigenvalue weighted by Gasteiger charge is 2.32. The van der Waals surface area contributed by atoms with Gasteiger partial charge in [0.05, 0.1) is 23.4 Å². The molecule has 1 aliphatic heterocycles. The topological polar surface area (TPSA) is 63.8 Å². The van der Waals surface area contributed by atoms with Crippen LogP contribution >= 0.6 is 27.3 Å². The predicted molar refractivity (Wildman–Crippen MR) is 142 cm³/mol. The molecular formula is C28H21BrN2O3S. The van der Waals surface area contributed by atoms with Crippen LogP contribution in [0.15, 0.2) is 86.6 Å². The number of aromatic hydroxyl groups is 1. The van der Waals surface area contributed by atoms with Crippen molar-refractivity contribution in [1.29, 1.82) is 0 Å². The summed E-state index contributed by atoms with van der Waals surface area (Å²) < 4.78 is 8.53. The van der Waals surface area contributed by atoms with E-state index in [0.29, 0.717) is 14.9 Å². The Morgan fingerprint density at radius 3 is 2.71 bits per heavy atom. The van der Waals surface area contributed by atoms with Crippen LogP contribution in [0.2, 0.25) is 0 Å². The van der Waals surface area contributed by atoms with E-state index in [1.54, 1.807) is 36.0 Å². The number of rotatable bonds is 3. The van der Waals surface area contributed by atoms with Gasteiger partial charge in [-0.3, -0.25) is 9.36 Å². The number of phenolic OH excluding ortho intramolecular Hbond substituents is 1. The number of thiazole rings is 1. The van der Waals surface area contributed by atoms with Crippen LogP contribution in [-0.4, -0.2) is 16.8 Å². The first-order valence-corrected chi connectivity index (χ1v) is 12.9. The van der Waals surface area contributed by atoms with Crippen molar-refractivity contribution in [1.82, 2.24) is 4.57 Å². The molecule has 1 atom stereocenters. The van der Waals surface area contributed by atoms with Crippen LogP contribution < -0.4 is 19.6 Å². The van der Waals surface area contributed by atoms with Crippen molar-refractivity contribution >= 4 is 39.0 Å². The second kappa shape index (κ2) is 8.66. The third-order valence-corrected chi connectivity index (χ3v) is 8.06. The van der Waals surface area contributed by atoms with Crippen LogP contribution in [0, 0.1) is 0 Å². The number of halogens is 1. The van der Waals surface area contributed by atoms with Gasteiger partial charge in [-0.2, -0.15) is 0 Å². The summed E-state index contributed by atoms with van der Waals surface area (Å²) in [5.74, 6) is 0.897. The average Bonchev–Trinajstić information content (AvgIpc) is 3.19. The number of aromatic nitrogens is 1. The highest BCUT2D eigenvalue weighted by Crippen LogP contribution is 2.41. The van der Waals surface area contributed by atoms with E-state index in [1.807, 2.05) is 30.3 Å². The van der Waals surface area contributed by atoms with E-state index in [1.165, 1.54) is 16.9 Å². The molecule has 1 N–H and O–H groups in total. The molecule has 0 bridgehead atoms. The summed E-state index contributed by atoms with van der Waals surface area (Å²) in [4.78, 5) is 19.5. The minimum Gasteiger partial charge on any atom is -0.507 e. The quantitative estimate of drug-likeness (QED) is 0.403. The maximum Gasteiger partial charge on any atom is 0.271 e. The number of allylic oxidation sites excluding steroid dienone is 1. The van der Waals surface area contributed by atoms with Crippen molar-refractivity contribution < 1.29 is 9.84 Å². The van der Waals surface area contributed by atoms with Crippen LogP contribution in [0.4, 0.5) is 0 Å². The zero-order valence-corrected chi connectivity index (χ0v) is 21.3. The van der Waals surface area contributed by atoms with Crippen molar-refractivity contribution in [2.45, 2.75) is 18.9 Å². The van der Waals surface area contributed by atoms with E-state index in [-0.39, 0.29) is 17.4 Å². The molecule has 2 aliphatic rings. The molecule has 7 heteroatoms. The van der Waals surface area contributed by atoms with Gasteiger partial charge in [-0.25, -0.2) is 4.99 Å². The first-order valence-electron chi connectivity index (χ1n) is 11.3. The second-order valence-electron chi connectivity index (χ2n) is 8.59. The smallest absolute Gasteiger partial charge is 0.271 e. The van der Waals surface area contributed by atoms with E-state index in [9.17, 15) is 9.90 Å². The Hall–Kier alpha value is -3.42. The summed E-state index contributed by atoms with van der Waals surface area (Å²) in [7, 11) is 1.65. The molecule has 1 aromatic heterocycles. The molecule has 4 aromatic rings. The van der Waals surface area contributed by atoms with Gasteiger partial charge in [0.1, 0.15) is 11.5 Å². The lowest BCUT2D eigenvalue weighted by Gasteiger charge is -2.30. The summed E-state index contributed by atoms with van der Waals surface area (Å²) in [5, 5.41) is 10.3. The van der Waals surface area contributed by atoms with Gasteiger partial charge < -0.3 is 9.84 Å². The lowest BCUT2D eigenvalue weighted by Crippen LogP contribution is -2.38. The standard InChI is InChI=1S/C28H21BrN2O3S/c1-34-20-10-6-17(7-11-20)26-22-12-8-16-4-2-3-5-21(16)25(22)30-28-31(26)27(33)24(35-28)15-18-14-19(29)9-13-23(18)32/h2-7,9-11,13-15,26,32H,8,12H2,1H3/b24-15-/t26-/m0/s1. The highest BCUT2D eigenvalue weighted by molar-refractivity contribution is 9.10. The molecule has 0 radical (unpaired) electrons. The van der Waals surface area contributed by atoms with E-state index in [0.717, 1.165) is 45.5 Å². The highest BCUT2D eigenvalue weighted by atomic mass is 79.9. The summed E-state index contributed by atoms with van der Waals surface area (Å²) in [6.07, 6.45) is 3.49. The number of phenols is 1. The third kappa shape index (κ3) is 3.75. The van der Waals surface area contributed by atoms with Crippen molar-refractivity contribution in [3.05, 3.63) is 119 Å². The van der Waals surface area contributed by atoms with Crippen molar-refractivity contribution in [3.63, 3.8) is 0 Å². The van der Waals surface area contributed by atoms with Crippen molar-refractivity contribution in [2.24, 2.45) is 4.99 Å². The maximum atomic E-state index is 13.8. The van der Waals surface area contributed by atoms with E-state index in [2.05, 4.69) is 34.1 Å². The van der Waals surface area contributed by atoms with Gasteiger partial charge >= 0.3 is 0 Å². The zero-order chi connectivity index (χ0) is 24.1. The Kier molecular flexibility index (Phi) is 5.46. The SMILES string of the molecule is COc1ccc([C@H]2C3=C(N=c4s/c(=C\c5cc(Br)ccc5O)c(=O)n42)c2ccccc2CC3)cc1. The van der Waals surface area contributed by atoms with Gasteiger partial charge in [-0.05, 0) is 65.9 Å². The number of nitrogens with zero attached hydrogens (tertiary/aromatic N) is 2. The number of hydrogen-bond donors (Lipinski definition) is 1. The van der Waals surface area contributed by atoms with Crippen LogP contribution in [0.3, 0.4) is 0 Å². The Bertz CT molecular complexity index is 1680. The van der Waals surface area contributed by atoms with Crippen LogP contribution in [-0.2, 0) is 6.42 Å². The largest absolute Gasteiger partial charge is 0.507 e. The summed E-state index contributed by atoms with van der Waals surface area (Å²) in [5.41, 5.74) is 6.02. The number of hydrogen-bond acceptors (Lipinski definition) is 5. The molecular weight excluding hydrogens is 524 g/mol. The monoisotopic (exact) mass is 544 g/mol. The molecule has 174 valence electrons. The van der Waals surface area contributed by atoms with Gasteiger partial charge in [0.25, 0.3) is 5.56 Å². The fraction of sp³-hybridized carbons (Fsp3) is 0.143. The predicted octanol–water partition coefficient (Wildman–Crippen LogP) is 4.80. The number of methoxy groups -OCH3 is 1. The van der Waals surface area contributed by atoms with Crippen LogP contribution in [0.25, 0.3) is 11.8 Å². The molecule has 5 nitrogen and oxygen atoms in total. The molecule has 3 aromatic carbocycles. The molecule has 6 rings (SSSR count). The first kappa shape index (κ1) is 22.1. The molecule has 0 saturated heterocycles. The summed E-state index contributed by atoms with van der Waals surface area (Å²) in [6, 6.07) is 21.2. The fourth-order valence-electron chi connectivity index (χ4n) is 4.89. The molecule has 1 aliphatic carbocycles. The van der Waals surface area contributed by atoms with Gasteiger partial charge in [0.2, 0.25) is 0 Å². The van der Waals surface area contributed by atoms with E-state index < -0.39 is 0 Å². The lowest BCUT2D eigenvalue weighted by atomic mass is 9.83. The Labute approximate surface area is 214 Å². The maximum absolute atomic E-state index is 13.8. The lowest BCUT2D eigenvalue weighted by molar-refractivity contribution is 0.414. The fourth-order valence-corrected chi connectivity index (χ4v) is 6.26. The number of fused-ring (bicyclic) bond motifs is 3. The summed E-state index contributed by atoms with van der Waals surface area (Å²) in [6.45, 7) is 0. The molecule has 0 fully saturated rings. The van der Waals surface area contributed by atoms with Gasteiger partial charge in [-0.15, -0.1) is 0 Å². The Balaban J connectivity index is 1.62. The third-order valence-electron chi connectivity index (χ3n) is 6.58. The number of benzene rings is 3. The number of ether oxygens (including phenoxy) is 1. The zero-order valence-electron chi connectivity index (χ0n) is 18.9. The van der Waals surface area contributed by atoms with Gasteiger partial charge in [-0.1, -0.05) is 63.7 Å². The van der Waals surface area contributed by atoms with Gasteiger partial charge in [0.15, 0.2) is 4.80 Å². The second-order valence-corrected chi connectivity index (χ2v) is 10.5. The average molecular weight is 545 g/mol. The first-order chi connectivity index (χ1) is 17.0. The molecule has 0 unspecified atom stereocenters.